The van der Waals surface area contributed by atoms with Gasteiger partial charge in [0.2, 0.25) is 0 Å². The van der Waals surface area contributed by atoms with E-state index in [0.717, 1.165) is 5.57 Å². The molecule has 0 fully saturated rings. The van der Waals surface area contributed by atoms with Gasteiger partial charge in [0.25, 0.3) is 0 Å². The standard InChI is InChI=1S/C29H53ClN4O3Si3/c1-27(2,3)38(10,11)35-17-20-16-21(34-19-33-22-25(30)31-18-32-26(22)34)24(37-40(14,15)29(7,8)9)23(20)36-39(12,13)28(4,5)6/h16,18-19,21,23-24H,17H2,1-15H3/t21-,23-,24+/m1/s1. The molecule has 0 saturated carbocycles. The molecule has 2 aromatic rings. The van der Waals surface area contributed by atoms with Crippen LogP contribution in [0.15, 0.2) is 24.3 Å². The number of hydrogen-bond acceptors (Lipinski definition) is 6. The fourth-order valence-electron chi connectivity index (χ4n) is 3.98. The number of halogens is 1. The minimum absolute atomic E-state index is 0.0297. The fraction of sp³-hybridized carbons (Fsp3) is 0.759. The molecule has 2 heterocycles. The fourth-order valence-corrected chi connectivity index (χ4v) is 7.68. The predicted molar refractivity (Wildman–Crippen MR) is 175 cm³/mol. The Hall–Kier alpha value is -0.889. The lowest BCUT2D eigenvalue weighted by molar-refractivity contribution is 0.0435. The molecular formula is C29H53ClN4O3Si3. The number of aromatic nitrogens is 4. The summed E-state index contributed by atoms with van der Waals surface area (Å²) in [5.41, 5.74) is 2.43. The highest BCUT2D eigenvalue weighted by Crippen LogP contribution is 2.47. The maximum Gasteiger partial charge on any atom is 0.193 e. The van der Waals surface area contributed by atoms with E-state index in [1.54, 1.807) is 0 Å². The van der Waals surface area contributed by atoms with Gasteiger partial charge in [-0.3, -0.25) is 0 Å². The van der Waals surface area contributed by atoms with Crippen molar-refractivity contribution in [1.82, 2.24) is 19.5 Å². The lowest BCUT2D eigenvalue weighted by Gasteiger charge is -2.45. The third-order valence-electron chi connectivity index (χ3n) is 9.89. The third kappa shape index (κ3) is 6.68. The molecule has 226 valence electrons. The molecule has 0 aliphatic heterocycles. The molecule has 0 bridgehead atoms. The van der Waals surface area contributed by atoms with Crippen molar-refractivity contribution in [3.8, 4) is 0 Å². The SMILES string of the molecule is CC(C)(C)[Si](C)(C)OCC1=C[C@@H](n2cnc3c(Cl)ncnc32)[C@H](O[Si](C)(C)C(C)(C)C)[C@@H]1O[Si](C)(C)C(C)(C)C. The van der Waals surface area contributed by atoms with Gasteiger partial charge in [-0.1, -0.05) is 80.0 Å². The van der Waals surface area contributed by atoms with Crippen LogP contribution >= 0.6 is 11.6 Å². The Labute approximate surface area is 250 Å². The maximum absolute atomic E-state index is 7.29. The van der Waals surface area contributed by atoms with Gasteiger partial charge < -0.3 is 17.8 Å². The highest BCUT2D eigenvalue weighted by atomic mass is 35.5. The molecule has 1 aliphatic rings. The summed E-state index contributed by atoms with van der Waals surface area (Å²) in [5, 5.41) is 0.526. The monoisotopic (exact) mass is 624 g/mol. The summed E-state index contributed by atoms with van der Waals surface area (Å²) in [6.45, 7) is 34.9. The molecule has 11 heteroatoms. The molecular weight excluding hydrogens is 572 g/mol. The second kappa shape index (κ2) is 11.0. The van der Waals surface area contributed by atoms with Gasteiger partial charge in [0.1, 0.15) is 11.8 Å². The van der Waals surface area contributed by atoms with E-state index in [4.69, 9.17) is 24.9 Å². The topological polar surface area (TPSA) is 71.3 Å². The van der Waals surface area contributed by atoms with Crippen molar-refractivity contribution in [2.24, 2.45) is 0 Å². The van der Waals surface area contributed by atoms with E-state index >= 15 is 0 Å². The van der Waals surface area contributed by atoms with Gasteiger partial charge in [-0.15, -0.1) is 0 Å². The average Bonchev–Trinajstić information content (AvgIpc) is 3.32. The second-order valence-electron chi connectivity index (χ2n) is 15.9. The third-order valence-corrected chi connectivity index (χ3v) is 23.6. The first-order valence-electron chi connectivity index (χ1n) is 14.4. The van der Waals surface area contributed by atoms with Crippen LogP contribution in [0.5, 0.6) is 0 Å². The van der Waals surface area contributed by atoms with Crippen molar-refractivity contribution < 1.29 is 13.3 Å². The van der Waals surface area contributed by atoms with Gasteiger partial charge in [0.15, 0.2) is 35.8 Å². The van der Waals surface area contributed by atoms with Crippen molar-refractivity contribution in [3.05, 3.63) is 29.5 Å². The number of imidazole rings is 1. The summed E-state index contributed by atoms with van der Waals surface area (Å²) in [7, 11) is -6.40. The number of nitrogens with zero attached hydrogens (tertiary/aromatic N) is 4. The Morgan fingerprint density at radius 2 is 1.30 bits per heavy atom. The zero-order valence-electron chi connectivity index (χ0n) is 27.6. The van der Waals surface area contributed by atoms with Gasteiger partial charge in [0, 0.05) is 0 Å². The quantitative estimate of drug-likeness (QED) is 0.166. The molecule has 0 radical (unpaired) electrons. The first-order valence-corrected chi connectivity index (χ1v) is 23.5. The van der Waals surface area contributed by atoms with Crippen LogP contribution in [0, 0.1) is 0 Å². The van der Waals surface area contributed by atoms with E-state index in [0.29, 0.717) is 22.9 Å². The summed E-state index contributed by atoms with van der Waals surface area (Å²) in [4.78, 5) is 13.3. The van der Waals surface area contributed by atoms with E-state index in [1.165, 1.54) is 6.33 Å². The van der Waals surface area contributed by atoms with Crippen LogP contribution in [0.1, 0.15) is 68.4 Å². The van der Waals surface area contributed by atoms with Crippen LogP contribution in [0.3, 0.4) is 0 Å². The molecule has 0 spiro atoms. The Morgan fingerprint density at radius 1 is 0.775 bits per heavy atom. The summed E-state index contributed by atoms with van der Waals surface area (Å²) >= 11 is 6.42. The molecule has 40 heavy (non-hydrogen) atoms. The molecule has 0 unspecified atom stereocenters. The van der Waals surface area contributed by atoms with Gasteiger partial charge in [-0.2, -0.15) is 0 Å². The first-order chi connectivity index (χ1) is 17.9. The highest BCUT2D eigenvalue weighted by molar-refractivity contribution is 6.75. The normalized spacial score (nSPS) is 21.8. The lowest BCUT2D eigenvalue weighted by Crippen LogP contribution is -2.53. The molecule has 1 aliphatic carbocycles. The Balaban J connectivity index is 2.18. The van der Waals surface area contributed by atoms with Crippen molar-refractivity contribution in [2.75, 3.05) is 6.61 Å². The van der Waals surface area contributed by atoms with E-state index in [1.807, 2.05) is 6.33 Å². The van der Waals surface area contributed by atoms with Gasteiger partial charge >= 0.3 is 0 Å². The molecule has 3 atom stereocenters. The van der Waals surface area contributed by atoms with Crippen molar-refractivity contribution in [1.29, 1.82) is 0 Å². The number of hydrogen-bond donors (Lipinski definition) is 0. The largest absolute Gasteiger partial charge is 0.413 e. The summed E-state index contributed by atoms with van der Waals surface area (Å²) in [6.07, 6.45) is 5.12. The maximum atomic E-state index is 7.29. The van der Waals surface area contributed by atoms with Crippen molar-refractivity contribution in [3.63, 3.8) is 0 Å². The van der Waals surface area contributed by atoms with Gasteiger partial charge in [-0.25, -0.2) is 15.0 Å². The van der Waals surface area contributed by atoms with Gasteiger partial charge in [-0.05, 0) is 60.0 Å². The zero-order chi connectivity index (χ0) is 30.7. The smallest absolute Gasteiger partial charge is 0.193 e. The Kier molecular flexibility index (Phi) is 9.23. The molecule has 7 nitrogen and oxygen atoms in total. The Morgan fingerprint density at radius 3 is 1.82 bits per heavy atom. The predicted octanol–water partition coefficient (Wildman–Crippen LogP) is 8.76. The molecule has 0 amide bonds. The van der Waals surface area contributed by atoms with Crippen LogP contribution in [-0.4, -0.2) is 63.3 Å². The lowest BCUT2D eigenvalue weighted by atomic mass is 10.1. The van der Waals surface area contributed by atoms with Crippen molar-refractivity contribution >= 4 is 47.7 Å². The molecule has 0 N–H and O–H groups in total. The molecule has 0 saturated heterocycles. The Bertz CT molecular complexity index is 1240. The van der Waals surface area contributed by atoms with Crippen LogP contribution in [0.25, 0.3) is 11.2 Å². The molecule has 0 aromatic carbocycles. The minimum Gasteiger partial charge on any atom is -0.413 e. The minimum atomic E-state index is -2.21. The van der Waals surface area contributed by atoms with Crippen LogP contribution in [0.2, 0.25) is 59.5 Å². The summed E-state index contributed by atoms with van der Waals surface area (Å²) in [6, 6.07) is -0.169. The highest BCUT2D eigenvalue weighted by Gasteiger charge is 2.51. The first kappa shape index (κ1) is 33.6. The van der Waals surface area contributed by atoms with Gasteiger partial charge in [0.05, 0.1) is 31.2 Å². The average molecular weight is 625 g/mol. The second-order valence-corrected chi connectivity index (χ2v) is 30.6. The van der Waals surface area contributed by atoms with E-state index in [2.05, 4.69) is 127 Å². The van der Waals surface area contributed by atoms with Crippen LogP contribution in [0.4, 0.5) is 0 Å². The zero-order valence-corrected chi connectivity index (χ0v) is 31.3. The van der Waals surface area contributed by atoms with E-state index in [-0.39, 0.29) is 33.4 Å². The summed E-state index contributed by atoms with van der Waals surface area (Å²) in [5.74, 6) is 0. The molecule has 3 rings (SSSR count). The van der Waals surface area contributed by atoms with E-state index in [9.17, 15) is 0 Å². The van der Waals surface area contributed by atoms with Crippen molar-refractivity contribution in [2.45, 2.75) is 135 Å². The summed E-state index contributed by atoms with van der Waals surface area (Å²) < 4.78 is 23.5. The number of fused-ring (bicyclic) bond motifs is 1. The molecule has 2 aromatic heterocycles. The number of rotatable bonds is 8. The van der Waals surface area contributed by atoms with E-state index < -0.39 is 25.0 Å². The van der Waals surface area contributed by atoms with Crippen LogP contribution < -0.4 is 0 Å². The van der Waals surface area contributed by atoms with Crippen LogP contribution in [-0.2, 0) is 13.3 Å².